The molecule has 0 fully saturated rings. The Balaban J connectivity index is 2.74. The summed E-state index contributed by atoms with van der Waals surface area (Å²) in [6.45, 7) is 3.00. The molecule has 26 heavy (non-hydrogen) atoms. The fourth-order valence-corrected chi connectivity index (χ4v) is 2.83. The van der Waals surface area contributed by atoms with Crippen LogP contribution in [0.25, 0.3) is 0 Å². The smallest absolute Gasteiger partial charge is 0.416 e. The lowest BCUT2D eigenvalue weighted by Crippen LogP contribution is -2.26. The fraction of sp³-hybridized carbons (Fsp3) is 0.294. The maximum atomic E-state index is 13.1. The van der Waals surface area contributed by atoms with E-state index in [2.05, 4.69) is 0 Å². The number of nitrogens with two attached hydrogens (primary N) is 1. The van der Waals surface area contributed by atoms with Gasteiger partial charge in [0.1, 0.15) is 17.4 Å². The summed E-state index contributed by atoms with van der Waals surface area (Å²) >= 11 is 6.09. The van der Waals surface area contributed by atoms with E-state index in [0.29, 0.717) is 0 Å². The number of nitrogens with zero attached hydrogens (tertiary/aromatic N) is 1. The van der Waals surface area contributed by atoms with E-state index in [1.54, 1.807) is 13.0 Å². The Bertz CT molecular complexity index is 854. The maximum Gasteiger partial charge on any atom is 0.416 e. The molecule has 1 unspecified atom stereocenters. The van der Waals surface area contributed by atoms with Crippen molar-refractivity contribution in [1.82, 2.24) is 0 Å². The van der Waals surface area contributed by atoms with Crippen molar-refractivity contribution in [3.63, 3.8) is 0 Å². The third-order valence-corrected chi connectivity index (χ3v) is 4.08. The molecule has 0 aromatic heterocycles. The lowest BCUT2D eigenvalue weighted by molar-refractivity contribution is -0.139. The number of carbonyl (C=O) groups excluding carboxylic acids is 1. The van der Waals surface area contributed by atoms with Crippen LogP contribution < -0.4 is 5.73 Å². The molecule has 9 heteroatoms. The summed E-state index contributed by atoms with van der Waals surface area (Å²) in [5.74, 6) is -2.35. The summed E-state index contributed by atoms with van der Waals surface area (Å²) in [6.07, 6.45) is -4.63. The van der Waals surface area contributed by atoms with Crippen molar-refractivity contribution in [3.05, 3.63) is 57.1 Å². The minimum absolute atomic E-state index is 0.0263. The molecule has 1 aliphatic heterocycles. The van der Waals surface area contributed by atoms with Gasteiger partial charge in [0, 0.05) is 5.02 Å². The van der Waals surface area contributed by atoms with Crippen molar-refractivity contribution in [2.75, 3.05) is 6.61 Å². The number of nitriles is 1. The second-order valence-corrected chi connectivity index (χ2v) is 5.76. The van der Waals surface area contributed by atoms with Crippen LogP contribution >= 0.6 is 11.6 Å². The lowest BCUT2D eigenvalue weighted by atomic mass is 9.82. The summed E-state index contributed by atoms with van der Waals surface area (Å²) in [5.41, 5.74) is 4.29. The van der Waals surface area contributed by atoms with Crippen LogP contribution in [0.4, 0.5) is 13.2 Å². The number of alkyl halides is 3. The number of hydrogen-bond donors (Lipinski definition) is 1. The van der Waals surface area contributed by atoms with E-state index in [1.807, 2.05) is 0 Å². The van der Waals surface area contributed by atoms with Crippen molar-refractivity contribution in [1.29, 1.82) is 5.26 Å². The second-order valence-electron chi connectivity index (χ2n) is 5.35. The second kappa shape index (κ2) is 7.30. The maximum absolute atomic E-state index is 13.1. The molecule has 1 atom stereocenters. The van der Waals surface area contributed by atoms with Gasteiger partial charge in [-0.1, -0.05) is 11.6 Å². The monoisotopic (exact) mass is 386 g/mol. The number of ether oxygens (including phenoxy) is 2. The molecule has 2 rings (SSSR count). The van der Waals surface area contributed by atoms with Crippen LogP contribution in [-0.4, -0.2) is 12.6 Å². The van der Waals surface area contributed by atoms with Gasteiger partial charge in [-0.15, -0.1) is 0 Å². The quantitative estimate of drug-likeness (QED) is 0.793. The SMILES string of the molecule is CCOC(=O)C1=C(C)OC(N)=C(C#N)C1c1cc(C(F)(F)F)ccc1Cl. The Morgan fingerprint density at radius 3 is 2.65 bits per heavy atom. The standard InChI is InChI=1S/C17H14ClF3N2O3/c1-3-25-16(24)13-8(2)26-15(23)11(7-22)14(13)10-6-9(17(19,20)21)4-5-12(10)18/h4-6,14H,3,23H2,1-2H3. The van der Waals surface area contributed by atoms with Gasteiger partial charge < -0.3 is 15.2 Å². The topological polar surface area (TPSA) is 85.3 Å². The zero-order chi connectivity index (χ0) is 19.6. The van der Waals surface area contributed by atoms with Crippen LogP contribution in [0.1, 0.15) is 30.9 Å². The van der Waals surface area contributed by atoms with E-state index in [-0.39, 0.29) is 40.0 Å². The van der Waals surface area contributed by atoms with Crippen LogP contribution in [0, 0.1) is 11.3 Å². The molecular weight excluding hydrogens is 373 g/mol. The minimum Gasteiger partial charge on any atom is -0.463 e. The van der Waals surface area contributed by atoms with Crippen LogP contribution in [0.3, 0.4) is 0 Å². The number of carbonyl (C=O) groups is 1. The molecular formula is C17H14ClF3N2O3. The molecule has 2 N–H and O–H groups in total. The van der Waals surface area contributed by atoms with Crippen LogP contribution in [-0.2, 0) is 20.4 Å². The van der Waals surface area contributed by atoms with Gasteiger partial charge in [-0.3, -0.25) is 0 Å². The number of allylic oxidation sites excluding steroid dienone is 2. The lowest BCUT2D eigenvalue weighted by Gasteiger charge is -2.27. The third-order valence-electron chi connectivity index (χ3n) is 3.74. The van der Waals surface area contributed by atoms with E-state index in [9.17, 15) is 23.2 Å². The number of benzene rings is 1. The molecule has 138 valence electrons. The van der Waals surface area contributed by atoms with Gasteiger partial charge in [0.2, 0.25) is 5.88 Å². The van der Waals surface area contributed by atoms with E-state index >= 15 is 0 Å². The highest BCUT2D eigenvalue weighted by Crippen LogP contribution is 2.43. The van der Waals surface area contributed by atoms with E-state index in [4.69, 9.17) is 26.8 Å². The summed E-state index contributed by atoms with van der Waals surface area (Å²) in [4.78, 5) is 12.4. The highest BCUT2D eigenvalue weighted by Gasteiger charge is 2.39. The molecule has 1 aromatic rings. The van der Waals surface area contributed by atoms with Gasteiger partial charge >= 0.3 is 12.1 Å². The molecule has 1 aromatic carbocycles. The minimum atomic E-state index is -4.63. The zero-order valence-electron chi connectivity index (χ0n) is 13.8. The number of rotatable bonds is 3. The highest BCUT2D eigenvalue weighted by molar-refractivity contribution is 6.31. The van der Waals surface area contributed by atoms with Gasteiger partial charge in [-0.2, -0.15) is 18.4 Å². The van der Waals surface area contributed by atoms with Gasteiger partial charge in [0.25, 0.3) is 0 Å². The van der Waals surface area contributed by atoms with Crippen LogP contribution in [0.5, 0.6) is 0 Å². The van der Waals surface area contributed by atoms with Gasteiger partial charge in [0.15, 0.2) is 0 Å². The van der Waals surface area contributed by atoms with Crippen molar-refractivity contribution in [3.8, 4) is 6.07 Å². The Labute approximate surface area is 152 Å². The predicted molar refractivity (Wildman–Crippen MR) is 86.4 cm³/mol. The van der Waals surface area contributed by atoms with E-state index in [1.165, 1.54) is 6.92 Å². The molecule has 1 aliphatic rings. The molecule has 0 radical (unpaired) electrons. The van der Waals surface area contributed by atoms with Crippen molar-refractivity contribution in [2.45, 2.75) is 25.9 Å². The molecule has 0 aliphatic carbocycles. The molecule has 5 nitrogen and oxygen atoms in total. The molecule has 0 bridgehead atoms. The molecule has 1 heterocycles. The molecule has 0 saturated carbocycles. The fourth-order valence-electron chi connectivity index (χ4n) is 2.61. The van der Waals surface area contributed by atoms with E-state index < -0.39 is 23.6 Å². The normalized spacial score (nSPS) is 17.7. The van der Waals surface area contributed by atoms with Crippen molar-refractivity contribution >= 4 is 17.6 Å². The summed E-state index contributed by atoms with van der Waals surface area (Å²) < 4.78 is 49.5. The Morgan fingerprint density at radius 2 is 2.12 bits per heavy atom. The molecule has 0 amide bonds. The van der Waals surface area contributed by atoms with Gasteiger partial charge in [-0.05, 0) is 37.6 Å². The summed E-state index contributed by atoms with van der Waals surface area (Å²) in [5, 5.41) is 9.37. The highest BCUT2D eigenvalue weighted by atomic mass is 35.5. The number of halogens is 4. The average molecular weight is 387 g/mol. The zero-order valence-corrected chi connectivity index (χ0v) is 14.5. The number of esters is 1. The average Bonchev–Trinajstić information content (AvgIpc) is 2.53. The first-order valence-corrected chi connectivity index (χ1v) is 7.81. The first-order valence-electron chi connectivity index (χ1n) is 7.43. The largest absolute Gasteiger partial charge is 0.463 e. The Hall–Kier alpha value is -2.66. The van der Waals surface area contributed by atoms with Gasteiger partial charge in [-0.25, -0.2) is 4.79 Å². The first-order chi connectivity index (χ1) is 12.1. The third kappa shape index (κ3) is 3.63. The van der Waals surface area contributed by atoms with Gasteiger partial charge in [0.05, 0.1) is 23.7 Å². The first kappa shape index (κ1) is 19.7. The van der Waals surface area contributed by atoms with Crippen molar-refractivity contribution in [2.24, 2.45) is 5.73 Å². The summed E-state index contributed by atoms with van der Waals surface area (Å²) in [6, 6.07) is 4.43. The Kier molecular flexibility index (Phi) is 5.52. The Morgan fingerprint density at radius 1 is 1.46 bits per heavy atom. The van der Waals surface area contributed by atoms with E-state index in [0.717, 1.165) is 18.2 Å². The number of hydrogen-bond acceptors (Lipinski definition) is 5. The van der Waals surface area contributed by atoms with Crippen LogP contribution in [0.2, 0.25) is 5.02 Å². The van der Waals surface area contributed by atoms with Crippen LogP contribution in [0.15, 0.2) is 41.0 Å². The molecule has 0 saturated heterocycles. The van der Waals surface area contributed by atoms with Crippen molar-refractivity contribution < 1.29 is 27.4 Å². The molecule has 0 spiro atoms. The summed E-state index contributed by atoms with van der Waals surface area (Å²) in [7, 11) is 0. The predicted octanol–water partition coefficient (Wildman–Crippen LogP) is 4.00.